The second-order valence-corrected chi connectivity index (χ2v) is 7.94. The number of nitrogens with zero attached hydrogens (tertiary/aromatic N) is 5. The van der Waals surface area contributed by atoms with Crippen molar-refractivity contribution in [1.29, 1.82) is 5.26 Å². The standard InChI is InChI=1S/C20H21F2N9S/c1-10-19(32-15(28-10)8-26-20(27-9-23)31(2)3)14-6-4-5-13(29-14)11-7-12(21)17(24)18(30-25)16(11)22/h4-7,30H,8,24-25H2,1-3H3,(H,26,27). The number of halogens is 2. The van der Waals surface area contributed by atoms with Gasteiger partial charge in [-0.25, -0.2) is 23.7 Å². The summed E-state index contributed by atoms with van der Waals surface area (Å²) < 4.78 is 29.0. The minimum absolute atomic E-state index is 0.0725. The van der Waals surface area contributed by atoms with Gasteiger partial charge in [0.25, 0.3) is 0 Å². The van der Waals surface area contributed by atoms with Crippen molar-refractivity contribution in [3.63, 3.8) is 0 Å². The molecule has 0 unspecified atom stereocenters. The average Bonchev–Trinajstić information content (AvgIpc) is 3.14. The molecule has 0 saturated carbocycles. The molecule has 0 aliphatic rings. The Balaban J connectivity index is 1.97. The van der Waals surface area contributed by atoms with Crippen molar-refractivity contribution in [1.82, 2.24) is 20.2 Å². The lowest BCUT2D eigenvalue weighted by Crippen LogP contribution is -2.33. The van der Waals surface area contributed by atoms with E-state index in [1.165, 1.54) is 11.3 Å². The zero-order chi connectivity index (χ0) is 23.4. The summed E-state index contributed by atoms with van der Waals surface area (Å²) in [6.07, 6.45) is 1.84. The van der Waals surface area contributed by atoms with Crippen LogP contribution in [0.1, 0.15) is 10.7 Å². The number of nitrogens with two attached hydrogens (primary N) is 2. The normalized spacial score (nSPS) is 11.2. The van der Waals surface area contributed by atoms with Crippen LogP contribution < -0.4 is 22.3 Å². The summed E-state index contributed by atoms with van der Waals surface area (Å²) in [5, 5.41) is 12.0. The maximum atomic E-state index is 14.8. The molecule has 12 heteroatoms. The molecule has 0 atom stereocenters. The smallest absolute Gasteiger partial charge is 0.207 e. The first-order valence-corrected chi connectivity index (χ1v) is 10.1. The van der Waals surface area contributed by atoms with Gasteiger partial charge in [0.2, 0.25) is 5.96 Å². The monoisotopic (exact) mass is 457 g/mol. The van der Waals surface area contributed by atoms with E-state index in [4.69, 9.17) is 16.8 Å². The van der Waals surface area contributed by atoms with Crippen LogP contribution in [0.15, 0.2) is 29.3 Å². The zero-order valence-corrected chi connectivity index (χ0v) is 18.4. The third-order valence-corrected chi connectivity index (χ3v) is 5.62. The number of rotatable bonds is 5. The molecule has 0 bridgehead atoms. The molecule has 3 aromatic rings. The van der Waals surface area contributed by atoms with Crippen LogP contribution in [0.25, 0.3) is 21.8 Å². The van der Waals surface area contributed by atoms with Crippen LogP contribution in [0, 0.1) is 30.0 Å². The number of pyridine rings is 1. The van der Waals surface area contributed by atoms with Gasteiger partial charge in [-0.1, -0.05) is 6.07 Å². The number of hydrogen-bond acceptors (Lipinski definition) is 8. The van der Waals surface area contributed by atoms with Gasteiger partial charge in [-0.15, -0.1) is 11.3 Å². The lowest BCUT2D eigenvalue weighted by Gasteiger charge is -2.12. The first kappa shape index (κ1) is 22.9. The van der Waals surface area contributed by atoms with Crippen molar-refractivity contribution in [3.8, 4) is 28.0 Å². The molecule has 0 radical (unpaired) electrons. The molecule has 2 heterocycles. The Hall–Kier alpha value is -3.82. The van der Waals surface area contributed by atoms with E-state index < -0.39 is 17.3 Å². The lowest BCUT2D eigenvalue weighted by molar-refractivity contribution is 0.597. The second kappa shape index (κ2) is 9.54. The number of benzene rings is 1. The summed E-state index contributed by atoms with van der Waals surface area (Å²) >= 11 is 1.38. The van der Waals surface area contributed by atoms with Crippen molar-refractivity contribution in [2.45, 2.75) is 13.5 Å². The number of hydrazine groups is 1. The Bertz CT molecular complexity index is 1210. The number of nitriles is 1. The topological polar surface area (TPSA) is 141 Å². The van der Waals surface area contributed by atoms with Crippen LogP contribution in [-0.4, -0.2) is 34.9 Å². The van der Waals surface area contributed by atoms with E-state index in [1.807, 2.05) is 13.1 Å². The highest BCUT2D eigenvalue weighted by atomic mass is 32.1. The minimum Gasteiger partial charge on any atom is -0.395 e. The quantitative estimate of drug-likeness (QED) is 0.0872. The van der Waals surface area contributed by atoms with Gasteiger partial charge in [0.1, 0.15) is 16.5 Å². The van der Waals surface area contributed by atoms with Crippen LogP contribution in [0.3, 0.4) is 0 Å². The fraction of sp³-hybridized carbons (Fsp3) is 0.200. The third-order valence-electron chi connectivity index (χ3n) is 4.45. The number of nitrogens with one attached hydrogen (secondary N) is 2. The van der Waals surface area contributed by atoms with E-state index in [2.05, 4.69) is 25.7 Å². The van der Waals surface area contributed by atoms with Crippen molar-refractivity contribution < 1.29 is 8.78 Å². The summed E-state index contributed by atoms with van der Waals surface area (Å²) in [6, 6.07) is 6.00. The Morgan fingerprint density at radius 2 is 2.00 bits per heavy atom. The van der Waals surface area contributed by atoms with Gasteiger partial charge < -0.3 is 16.1 Å². The van der Waals surface area contributed by atoms with Crippen molar-refractivity contribution >= 4 is 28.7 Å². The van der Waals surface area contributed by atoms with Gasteiger partial charge in [-0.2, -0.15) is 5.26 Å². The molecular formula is C20H21F2N9S. The summed E-state index contributed by atoms with van der Waals surface area (Å²) in [6.45, 7) is 2.09. The number of guanidine groups is 1. The highest BCUT2D eigenvalue weighted by molar-refractivity contribution is 7.15. The number of aromatic nitrogens is 2. The van der Waals surface area contributed by atoms with E-state index in [9.17, 15) is 8.78 Å². The Morgan fingerprint density at radius 1 is 1.28 bits per heavy atom. The molecule has 0 amide bonds. The van der Waals surface area contributed by atoms with Crippen molar-refractivity contribution in [3.05, 3.63) is 46.6 Å². The largest absolute Gasteiger partial charge is 0.395 e. The first-order chi connectivity index (χ1) is 15.3. The number of nitrogen functional groups attached to an aromatic ring is 2. The Labute approximate surface area is 187 Å². The Morgan fingerprint density at radius 3 is 2.66 bits per heavy atom. The fourth-order valence-corrected chi connectivity index (χ4v) is 3.88. The number of anilines is 2. The van der Waals surface area contributed by atoms with E-state index >= 15 is 0 Å². The highest BCUT2D eigenvalue weighted by Gasteiger charge is 2.19. The second-order valence-electron chi connectivity index (χ2n) is 6.85. The van der Waals surface area contributed by atoms with E-state index in [0.29, 0.717) is 16.7 Å². The lowest BCUT2D eigenvalue weighted by atomic mass is 10.1. The summed E-state index contributed by atoms with van der Waals surface area (Å²) in [7, 11) is 3.53. The maximum Gasteiger partial charge on any atom is 0.207 e. The van der Waals surface area contributed by atoms with E-state index in [1.54, 1.807) is 37.2 Å². The molecule has 2 aromatic heterocycles. The third kappa shape index (κ3) is 4.58. The number of thiazole rings is 1. The summed E-state index contributed by atoms with van der Waals surface area (Å²) in [5.41, 5.74) is 8.33. The van der Waals surface area contributed by atoms with Crippen molar-refractivity contribution in [2.75, 3.05) is 25.3 Å². The van der Waals surface area contributed by atoms with Gasteiger partial charge in [-0.3, -0.25) is 11.2 Å². The molecule has 166 valence electrons. The minimum atomic E-state index is -0.807. The first-order valence-electron chi connectivity index (χ1n) is 9.31. The molecule has 32 heavy (non-hydrogen) atoms. The molecule has 0 saturated heterocycles. The van der Waals surface area contributed by atoms with E-state index in [0.717, 1.165) is 16.6 Å². The number of hydrogen-bond donors (Lipinski definition) is 4. The van der Waals surface area contributed by atoms with Crippen LogP contribution in [-0.2, 0) is 6.54 Å². The predicted molar refractivity (Wildman–Crippen MR) is 121 cm³/mol. The van der Waals surface area contributed by atoms with Crippen LogP contribution in [0.5, 0.6) is 0 Å². The molecule has 3 rings (SSSR count). The van der Waals surface area contributed by atoms with Gasteiger partial charge in [0, 0.05) is 19.7 Å². The number of aryl methyl sites for hydroxylation is 1. The summed E-state index contributed by atoms with van der Waals surface area (Å²) in [4.78, 5) is 15.8. The Kier molecular flexibility index (Phi) is 6.82. The number of aliphatic imine (C=N–C) groups is 1. The molecule has 1 aromatic carbocycles. The van der Waals surface area contributed by atoms with E-state index in [-0.39, 0.29) is 23.5 Å². The SMILES string of the molecule is Cc1nc(CN=C(NC#N)N(C)C)sc1-c1cccc(-c2cc(F)c(N)c(NN)c2F)n1. The zero-order valence-electron chi connectivity index (χ0n) is 17.6. The maximum absolute atomic E-state index is 14.8. The molecule has 0 spiro atoms. The molecule has 6 N–H and O–H groups in total. The van der Waals surface area contributed by atoms with Crippen LogP contribution in [0.4, 0.5) is 20.2 Å². The van der Waals surface area contributed by atoms with Gasteiger partial charge in [0.05, 0.1) is 34.2 Å². The van der Waals surface area contributed by atoms with Gasteiger partial charge in [0.15, 0.2) is 12.0 Å². The highest BCUT2D eigenvalue weighted by Crippen LogP contribution is 2.35. The fourth-order valence-electron chi connectivity index (χ4n) is 2.92. The molecule has 0 aliphatic heterocycles. The van der Waals surface area contributed by atoms with Crippen LogP contribution >= 0.6 is 11.3 Å². The molecular weight excluding hydrogens is 436 g/mol. The van der Waals surface area contributed by atoms with Gasteiger partial charge >= 0.3 is 0 Å². The molecule has 9 nitrogen and oxygen atoms in total. The van der Waals surface area contributed by atoms with Crippen LogP contribution in [0.2, 0.25) is 0 Å². The predicted octanol–water partition coefficient (Wildman–Crippen LogP) is 2.81. The molecule has 0 fully saturated rings. The summed E-state index contributed by atoms with van der Waals surface area (Å²) in [5.74, 6) is 4.10. The van der Waals surface area contributed by atoms with Gasteiger partial charge in [-0.05, 0) is 25.1 Å². The molecule has 0 aliphatic carbocycles. The van der Waals surface area contributed by atoms with Crippen molar-refractivity contribution in [2.24, 2.45) is 10.8 Å². The average molecular weight is 458 g/mol.